The van der Waals surface area contributed by atoms with Crippen molar-refractivity contribution in [2.45, 2.75) is 25.8 Å². The second kappa shape index (κ2) is 14.1. The molecule has 0 aliphatic heterocycles. The molecule has 0 heterocycles. The van der Waals surface area contributed by atoms with E-state index in [1.807, 2.05) is 0 Å². The largest absolute Gasteiger partial charge is 0.465 e. The van der Waals surface area contributed by atoms with E-state index in [2.05, 4.69) is 4.76 Å². The van der Waals surface area contributed by atoms with Crippen LogP contribution in [0.4, 0.5) is 87.8 Å². The summed E-state index contributed by atoms with van der Waals surface area (Å²) in [6, 6.07) is 1.52. The number of rotatable bonds is 7. The molecule has 0 unspecified atom stereocenters. The number of hydrogen-bond donors (Lipinski definition) is 0. The maximum absolute atomic E-state index is 15.5. The van der Waals surface area contributed by atoms with Gasteiger partial charge in [-0.15, -0.1) is 0 Å². The van der Waals surface area contributed by atoms with Gasteiger partial charge in [-0.3, -0.25) is 0 Å². The summed E-state index contributed by atoms with van der Waals surface area (Å²) in [4.78, 5) is 0. The van der Waals surface area contributed by atoms with Crippen LogP contribution in [0.2, 0.25) is 6.32 Å². The van der Waals surface area contributed by atoms with Crippen LogP contribution in [0.15, 0.2) is 0 Å². The van der Waals surface area contributed by atoms with Crippen molar-refractivity contribution in [1.82, 2.24) is 0 Å². The van der Waals surface area contributed by atoms with E-state index >= 15 is 35.1 Å². The van der Waals surface area contributed by atoms with Crippen molar-refractivity contribution in [3.63, 3.8) is 0 Å². The lowest BCUT2D eigenvalue weighted by atomic mass is 9.25. The highest BCUT2D eigenvalue weighted by molar-refractivity contribution is 7.73. The van der Waals surface area contributed by atoms with Gasteiger partial charge in [0.2, 0.25) is 11.6 Å². The van der Waals surface area contributed by atoms with Gasteiger partial charge in [-0.25, -0.2) is 87.8 Å². The summed E-state index contributed by atoms with van der Waals surface area (Å²) < 4.78 is 298. The standard InChI is InChI=1S/C29H9BF20NP/c1-3-51-30(6-8(31)12(35)16(39)13(36)9(6)32,7-10(33)14(37)17(40)15(38)11(7)34)4-5(2)52(28-24(47)20(43)18(41)21(44)25(28)48)29-26(49)22(45)19(42)23(46)27(29)50/h5H,4H2,1-2H3/t5-/m1/s1. The summed E-state index contributed by atoms with van der Waals surface area (Å²) in [6.07, 6.45) is -7.71. The molecule has 0 aliphatic rings. The van der Waals surface area contributed by atoms with Crippen LogP contribution in [-0.2, 0) is 0 Å². The molecule has 0 N–H and O–H groups in total. The molecule has 0 aliphatic carbocycles. The lowest BCUT2D eigenvalue weighted by Crippen LogP contribution is -2.63. The smallest absolute Gasteiger partial charge is 0.339 e. The summed E-state index contributed by atoms with van der Waals surface area (Å²) in [5, 5.41) is -4.93. The van der Waals surface area contributed by atoms with E-state index in [1.54, 1.807) is 0 Å². The molecule has 0 bridgehead atoms. The van der Waals surface area contributed by atoms with E-state index in [4.69, 9.17) is 0 Å². The van der Waals surface area contributed by atoms with Gasteiger partial charge in [-0.1, -0.05) is 13.2 Å². The average Bonchev–Trinajstić information content (AvgIpc) is 3.10. The van der Waals surface area contributed by atoms with Gasteiger partial charge in [0.05, 0.1) is 17.5 Å². The van der Waals surface area contributed by atoms with Crippen LogP contribution in [0.25, 0.3) is 4.76 Å². The summed E-state index contributed by atoms with van der Waals surface area (Å²) in [7, 11) is -4.60. The highest BCUT2D eigenvalue weighted by Gasteiger charge is 2.56. The third-order valence-corrected chi connectivity index (χ3v) is 10.6. The van der Waals surface area contributed by atoms with Gasteiger partial charge in [0.15, 0.2) is 87.5 Å². The van der Waals surface area contributed by atoms with Crippen LogP contribution >= 0.6 is 7.92 Å². The van der Waals surface area contributed by atoms with E-state index in [0.717, 1.165) is 0 Å². The first kappa shape index (κ1) is 40.2. The molecule has 0 amide bonds. The molecule has 4 rings (SSSR count). The van der Waals surface area contributed by atoms with E-state index < -0.39 is 164 Å². The fourth-order valence-electron chi connectivity index (χ4n) is 5.63. The normalized spacial score (nSPS) is 12.4. The van der Waals surface area contributed by atoms with Gasteiger partial charge in [0.1, 0.15) is 23.3 Å². The first-order valence-electron chi connectivity index (χ1n) is 13.4. The van der Waals surface area contributed by atoms with Crippen LogP contribution in [0, 0.1) is 122 Å². The van der Waals surface area contributed by atoms with Gasteiger partial charge >= 0.3 is 6.28 Å². The first-order chi connectivity index (χ1) is 24.0. The Balaban J connectivity index is 2.31. The summed E-state index contributed by atoms with van der Waals surface area (Å²) in [6.45, 7) is 0.720. The van der Waals surface area contributed by atoms with E-state index in [9.17, 15) is 52.7 Å². The highest BCUT2D eigenvalue weighted by atomic mass is 31.1. The Morgan fingerprint density at radius 2 is 0.615 bits per heavy atom. The fourth-order valence-corrected chi connectivity index (χ4v) is 8.49. The van der Waals surface area contributed by atoms with Crippen molar-refractivity contribution >= 4 is 35.7 Å². The van der Waals surface area contributed by atoms with E-state index in [0.29, 0.717) is 6.92 Å². The van der Waals surface area contributed by atoms with Crippen LogP contribution in [0.3, 0.4) is 0 Å². The predicted molar refractivity (Wildman–Crippen MR) is 143 cm³/mol. The van der Waals surface area contributed by atoms with Crippen molar-refractivity contribution < 1.29 is 87.8 Å². The molecule has 0 saturated carbocycles. The zero-order valence-electron chi connectivity index (χ0n) is 24.8. The lowest BCUT2D eigenvalue weighted by molar-refractivity contribution is 0.381. The minimum Gasteiger partial charge on any atom is -0.339 e. The minimum absolute atomic E-state index is 0.224. The Bertz CT molecular complexity index is 1990. The lowest BCUT2D eigenvalue weighted by Gasteiger charge is -2.34. The molecule has 0 fully saturated rings. The Morgan fingerprint density at radius 3 is 0.846 bits per heavy atom. The first-order valence-corrected chi connectivity index (χ1v) is 14.8. The molecule has 0 radical (unpaired) electrons. The molecule has 4 aromatic carbocycles. The molecule has 52 heavy (non-hydrogen) atoms. The van der Waals surface area contributed by atoms with Crippen molar-refractivity contribution in [2.24, 2.45) is 0 Å². The van der Waals surface area contributed by atoms with Crippen molar-refractivity contribution in [2.75, 3.05) is 0 Å². The Kier molecular flexibility index (Phi) is 10.9. The SMILES string of the molecule is CC#[N+][B-](C[C@@H](C)P(c1c(F)c(F)c(F)c(F)c1F)c1c(F)c(F)c(F)c(F)c1F)(c1c(F)c(F)c(F)c(F)c1F)c1c(F)c(F)c(F)c(F)c1F. The zero-order valence-corrected chi connectivity index (χ0v) is 25.7. The molecule has 0 saturated heterocycles. The van der Waals surface area contributed by atoms with Crippen LogP contribution in [-0.4, -0.2) is 11.9 Å². The number of nitrogens with zero attached hydrogens (tertiary/aromatic N) is 1. The Labute approximate surface area is 277 Å². The molecule has 1 nitrogen and oxygen atoms in total. The summed E-state index contributed by atoms with van der Waals surface area (Å²) in [5.74, 6) is -60.7. The van der Waals surface area contributed by atoms with Crippen molar-refractivity contribution in [1.29, 1.82) is 0 Å². The van der Waals surface area contributed by atoms with Crippen LogP contribution in [0.5, 0.6) is 0 Å². The van der Waals surface area contributed by atoms with E-state index in [1.165, 1.54) is 6.07 Å². The topological polar surface area (TPSA) is 4.36 Å². The third kappa shape index (κ3) is 5.80. The van der Waals surface area contributed by atoms with Gasteiger partial charge in [-0.2, -0.15) is 0 Å². The monoisotopic (exact) mass is 793 g/mol. The molecule has 0 spiro atoms. The number of benzene rings is 4. The number of halogens is 20. The molecule has 0 aromatic heterocycles. The minimum atomic E-state index is -5.45. The third-order valence-electron chi connectivity index (χ3n) is 7.77. The van der Waals surface area contributed by atoms with Crippen LogP contribution in [0.1, 0.15) is 13.8 Å². The molecular formula is C29H9BF20NP. The molecule has 23 heteroatoms. The second-order valence-corrected chi connectivity index (χ2v) is 13.1. The summed E-state index contributed by atoms with van der Waals surface area (Å²) >= 11 is 0. The number of hydrogen-bond acceptors (Lipinski definition) is 0. The predicted octanol–water partition coefficient (Wildman–Crippen LogP) is 8.40. The molecule has 4 aromatic rings. The maximum atomic E-state index is 15.5. The molecule has 278 valence electrons. The van der Waals surface area contributed by atoms with Gasteiger partial charge in [-0.05, 0) is 24.5 Å². The van der Waals surface area contributed by atoms with Crippen LogP contribution < -0.4 is 21.5 Å². The summed E-state index contributed by atoms with van der Waals surface area (Å²) in [5.41, 5.74) is -8.10. The highest BCUT2D eigenvalue weighted by Crippen LogP contribution is 2.48. The van der Waals surface area contributed by atoms with Gasteiger partial charge < -0.3 is 4.76 Å². The Hall–Kier alpha value is -4.54. The van der Waals surface area contributed by atoms with Gasteiger partial charge in [0.25, 0.3) is 0 Å². The van der Waals surface area contributed by atoms with Crippen molar-refractivity contribution in [3.05, 3.63) is 121 Å². The van der Waals surface area contributed by atoms with Crippen molar-refractivity contribution in [3.8, 4) is 6.07 Å². The molecular weight excluding hydrogens is 784 g/mol. The fraction of sp³-hybridized carbons (Fsp3) is 0.138. The average molecular weight is 793 g/mol. The maximum Gasteiger partial charge on any atom is 0.465 e. The molecule has 1 atom stereocenters. The van der Waals surface area contributed by atoms with Gasteiger partial charge in [0, 0.05) is 0 Å². The zero-order chi connectivity index (χ0) is 39.6. The Morgan fingerprint density at radius 1 is 0.404 bits per heavy atom. The second-order valence-electron chi connectivity index (χ2n) is 10.6. The quantitative estimate of drug-likeness (QED) is 0.0583. The van der Waals surface area contributed by atoms with E-state index in [-0.39, 0.29) is 6.92 Å².